The Bertz CT molecular complexity index is 228. The fourth-order valence-corrected chi connectivity index (χ4v) is 4.43. The molecule has 0 aromatic heterocycles. The molecule has 4 heteroatoms. The molecule has 0 N–H and O–H groups in total. The number of fused-ring (bicyclic) bond motifs is 1. The molecule has 1 aliphatic heterocycles. The lowest BCUT2D eigenvalue weighted by Crippen LogP contribution is -2.39. The molecule has 2 fully saturated rings. The summed E-state index contributed by atoms with van der Waals surface area (Å²) in [6.07, 6.45) is 2.45. The van der Waals surface area contributed by atoms with E-state index in [1.807, 2.05) is 0 Å². The fourth-order valence-electron chi connectivity index (χ4n) is 3.12. The first-order chi connectivity index (χ1) is 6.36. The highest BCUT2D eigenvalue weighted by molar-refractivity contribution is 7.86. The highest BCUT2D eigenvalue weighted by atomic mass is 32.1. The second-order valence-electron chi connectivity index (χ2n) is 5.58. The third kappa shape index (κ3) is 1.54. The summed E-state index contributed by atoms with van der Waals surface area (Å²) in [7, 11) is 2.33. The molecule has 2 aliphatic rings. The molecule has 1 nitrogen and oxygen atoms in total. The average Bonchev–Trinajstić information content (AvgIpc) is 2.33. The molecule has 1 saturated carbocycles. The minimum absolute atomic E-state index is 0.153. The molecule has 1 saturated heterocycles. The minimum Gasteiger partial charge on any atom is -0.298 e. The number of thiol groups is 2. The van der Waals surface area contributed by atoms with Crippen molar-refractivity contribution in [3.8, 4) is 0 Å². The van der Waals surface area contributed by atoms with E-state index >= 15 is 0 Å². The van der Waals surface area contributed by atoms with Crippen LogP contribution < -0.4 is 0 Å². The average molecular weight is 229 g/mol. The second-order valence-corrected chi connectivity index (χ2v) is 7.29. The van der Waals surface area contributed by atoms with Crippen molar-refractivity contribution < 1.29 is 0 Å². The Morgan fingerprint density at radius 2 is 1.64 bits per heavy atom. The highest BCUT2D eigenvalue weighted by Gasteiger charge is 2.58. The van der Waals surface area contributed by atoms with Crippen LogP contribution in [0.2, 0.25) is 5.82 Å². The van der Waals surface area contributed by atoms with E-state index in [0.29, 0.717) is 6.04 Å². The van der Waals surface area contributed by atoms with Crippen LogP contribution in [0.15, 0.2) is 0 Å². The maximum Gasteiger partial charge on any atom is 0.105 e. The summed E-state index contributed by atoms with van der Waals surface area (Å²) < 4.78 is 0.305. The Labute approximate surface area is 99.2 Å². The number of hydrogen-bond donors (Lipinski definition) is 2. The highest BCUT2D eigenvalue weighted by Crippen LogP contribution is 2.56. The Kier molecular flexibility index (Phi) is 2.69. The van der Waals surface area contributed by atoms with Gasteiger partial charge in [0.05, 0.1) is 0 Å². The summed E-state index contributed by atoms with van der Waals surface area (Å²) in [6, 6.07) is 0.629. The van der Waals surface area contributed by atoms with Gasteiger partial charge in [0, 0.05) is 28.6 Å². The molecule has 2 rings (SSSR count). The van der Waals surface area contributed by atoms with Crippen LogP contribution in [0, 0.1) is 0 Å². The van der Waals surface area contributed by atoms with Crippen molar-refractivity contribution in [2.75, 3.05) is 13.1 Å². The molecule has 1 unspecified atom stereocenters. The van der Waals surface area contributed by atoms with Gasteiger partial charge in [-0.1, -0.05) is 5.82 Å². The molecule has 3 atom stereocenters. The normalized spacial score (nSPS) is 48.8. The van der Waals surface area contributed by atoms with Gasteiger partial charge in [0.15, 0.2) is 0 Å². The zero-order valence-corrected chi connectivity index (χ0v) is 11.1. The number of likely N-dealkylation sites (tertiary alicyclic amines) is 1. The molecule has 0 aromatic rings. The van der Waals surface area contributed by atoms with Crippen molar-refractivity contribution in [2.45, 2.75) is 48.0 Å². The van der Waals surface area contributed by atoms with Crippen molar-refractivity contribution in [1.82, 2.24) is 4.90 Å². The lowest BCUT2D eigenvalue weighted by atomic mass is 9.85. The van der Waals surface area contributed by atoms with E-state index in [4.69, 9.17) is 25.3 Å². The van der Waals surface area contributed by atoms with Crippen LogP contribution in [0.25, 0.3) is 0 Å². The van der Waals surface area contributed by atoms with Gasteiger partial charge >= 0.3 is 0 Å². The lowest BCUT2D eigenvalue weighted by Gasteiger charge is -2.30. The van der Waals surface area contributed by atoms with Gasteiger partial charge in [0.2, 0.25) is 0 Å². The summed E-state index contributed by atoms with van der Waals surface area (Å²) in [5.41, 5.74) is 0. The van der Waals surface area contributed by atoms with E-state index < -0.39 is 0 Å². The van der Waals surface area contributed by atoms with Gasteiger partial charge in [0.25, 0.3) is 0 Å². The van der Waals surface area contributed by atoms with Crippen LogP contribution in [0.5, 0.6) is 0 Å². The van der Waals surface area contributed by atoms with Gasteiger partial charge in [-0.3, -0.25) is 4.90 Å². The zero-order valence-electron chi connectivity index (χ0n) is 9.32. The maximum absolute atomic E-state index is 4.92. The Morgan fingerprint density at radius 1 is 1.21 bits per heavy atom. The smallest absolute Gasteiger partial charge is 0.105 e. The maximum atomic E-state index is 4.92. The molecule has 14 heavy (non-hydrogen) atoms. The van der Waals surface area contributed by atoms with Crippen molar-refractivity contribution in [3.63, 3.8) is 0 Å². The van der Waals surface area contributed by atoms with Crippen LogP contribution in [-0.2, 0) is 0 Å². The Hall–Kier alpha value is 0.725. The topological polar surface area (TPSA) is 3.24 Å². The van der Waals surface area contributed by atoms with Crippen molar-refractivity contribution in [3.05, 3.63) is 0 Å². The predicted molar refractivity (Wildman–Crippen MR) is 71.7 cm³/mol. The monoisotopic (exact) mass is 229 g/mol. The number of rotatable bonds is 1. The molecule has 1 heterocycles. The van der Waals surface area contributed by atoms with Crippen LogP contribution in [-0.4, -0.2) is 41.4 Å². The molecule has 0 bridgehead atoms. The molecule has 0 radical (unpaired) electrons. The summed E-state index contributed by atoms with van der Waals surface area (Å²) in [5.74, 6) is 0.791. The molecule has 0 spiro atoms. The van der Waals surface area contributed by atoms with Crippen LogP contribution >= 0.6 is 25.3 Å². The number of hydrogen-bond acceptors (Lipinski definition) is 3. The Balaban J connectivity index is 2.19. The first-order valence-corrected chi connectivity index (χ1v) is 6.45. The van der Waals surface area contributed by atoms with Crippen LogP contribution in [0.1, 0.15) is 26.7 Å². The lowest BCUT2D eigenvalue weighted by molar-refractivity contribution is 0.260. The van der Waals surface area contributed by atoms with E-state index in [9.17, 15) is 0 Å². The summed E-state index contributed by atoms with van der Waals surface area (Å²) >= 11 is 9.84. The van der Waals surface area contributed by atoms with Gasteiger partial charge in [-0.25, -0.2) is 0 Å². The first-order valence-electron chi connectivity index (χ1n) is 5.55. The predicted octanol–water partition coefficient (Wildman–Crippen LogP) is 1.26. The van der Waals surface area contributed by atoms with Gasteiger partial charge in [0.1, 0.15) is 7.85 Å². The van der Waals surface area contributed by atoms with E-state index in [-0.39, 0.29) is 9.49 Å². The standard InChI is InChI=1S/C10H20BNS2/c1-7(2)12-5-9(13)3-8(11)4-10(9,14)6-12/h7-8,13-14H,3-6,11H2,1-2H3/t8?,9-,10+. The van der Waals surface area contributed by atoms with E-state index in [0.717, 1.165) is 18.9 Å². The fraction of sp³-hybridized carbons (Fsp3) is 1.00. The van der Waals surface area contributed by atoms with Crippen molar-refractivity contribution in [1.29, 1.82) is 0 Å². The van der Waals surface area contributed by atoms with E-state index in [2.05, 4.69) is 26.6 Å². The molecular formula is C10H20BNS2. The SMILES string of the molecule is BC1C[C@@]2(S)CN(C(C)C)C[C@@]2(S)C1. The zero-order chi connectivity index (χ0) is 10.6. The van der Waals surface area contributed by atoms with Crippen molar-refractivity contribution >= 4 is 33.1 Å². The van der Waals surface area contributed by atoms with E-state index in [1.165, 1.54) is 12.8 Å². The van der Waals surface area contributed by atoms with Gasteiger partial charge in [-0.05, 0) is 26.7 Å². The Morgan fingerprint density at radius 3 is 2.00 bits per heavy atom. The summed E-state index contributed by atoms with van der Waals surface area (Å²) in [5, 5.41) is 0. The molecule has 1 aliphatic carbocycles. The first kappa shape index (κ1) is 11.2. The van der Waals surface area contributed by atoms with Gasteiger partial charge < -0.3 is 0 Å². The van der Waals surface area contributed by atoms with E-state index in [1.54, 1.807) is 0 Å². The number of nitrogens with zero attached hydrogens (tertiary/aromatic N) is 1. The molecule has 0 aromatic carbocycles. The molecule has 80 valence electrons. The van der Waals surface area contributed by atoms with Crippen LogP contribution in [0.3, 0.4) is 0 Å². The van der Waals surface area contributed by atoms with Crippen molar-refractivity contribution in [2.24, 2.45) is 0 Å². The molecule has 0 amide bonds. The molecular weight excluding hydrogens is 209 g/mol. The third-order valence-corrected chi connectivity index (χ3v) is 5.58. The largest absolute Gasteiger partial charge is 0.298 e. The van der Waals surface area contributed by atoms with Gasteiger partial charge in [-0.2, -0.15) is 25.3 Å². The minimum atomic E-state index is 0.153. The van der Waals surface area contributed by atoms with Gasteiger partial charge in [-0.15, -0.1) is 0 Å². The summed E-state index contributed by atoms with van der Waals surface area (Å²) in [4.78, 5) is 2.52. The summed E-state index contributed by atoms with van der Waals surface area (Å²) in [6.45, 7) is 6.75. The quantitative estimate of drug-likeness (QED) is 0.506. The third-order valence-electron chi connectivity index (χ3n) is 3.90. The second kappa shape index (κ2) is 3.36. The van der Waals surface area contributed by atoms with Crippen LogP contribution in [0.4, 0.5) is 0 Å².